The first-order chi connectivity index (χ1) is 5.21. The van der Waals surface area contributed by atoms with Crippen LogP contribution < -0.4 is 5.32 Å². The van der Waals surface area contributed by atoms with Crippen LogP contribution in [0, 0.1) is 11.3 Å². The van der Waals surface area contributed by atoms with Crippen LogP contribution in [0.4, 0.5) is 0 Å². The van der Waals surface area contributed by atoms with Gasteiger partial charge in [-0.15, -0.1) is 0 Å². The first-order valence-electron chi connectivity index (χ1n) is 3.48. The van der Waals surface area contributed by atoms with Crippen LogP contribution in [0.5, 0.6) is 0 Å². The lowest BCUT2D eigenvalue weighted by molar-refractivity contribution is -0.137. The number of hydrogen-bond donors (Lipinski definition) is 1. The maximum atomic E-state index is 11.0. The smallest absolute Gasteiger partial charge is 0.224 e. The summed E-state index contributed by atoms with van der Waals surface area (Å²) < 4.78 is 5.10. The molecule has 1 fully saturated rings. The van der Waals surface area contributed by atoms with Crippen LogP contribution in [0.2, 0.25) is 0 Å². The summed E-state index contributed by atoms with van der Waals surface area (Å²) in [7, 11) is 0. The number of Topliss-reactive ketones (excluding diaryl/α,β-unsaturated/α-hetero) is 1. The van der Waals surface area contributed by atoms with Gasteiger partial charge >= 0.3 is 0 Å². The third kappa shape index (κ3) is 1.39. The Hall–Kier alpha value is -0.920. The summed E-state index contributed by atoms with van der Waals surface area (Å²) >= 11 is 0. The number of ether oxygens (including phenoxy) is 1. The van der Waals surface area contributed by atoms with Crippen molar-refractivity contribution in [1.29, 1.82) is 5.26 Å². The Kier molecular flexibility index (Phi) is 2.22. The van der Waals surface area contributed by atoms with E-state index >= 15 is 0 Å². The standard InChI is InChI=1S/C7H10N2O2/c1-6(10)7(4-8)5-9-2-3-11-7/h9H,2-3,5H2,1H3. The van der Waals surface area contributed by atoms with Crippen LogP contribution >= 0.6 is 0 Å². The monoisotopic (exact) mass is 154 g/mol. The van der Waals surface area contributed by atoms with Crippen molar-refractivity contribution in [2.45, 2.75) is 12.5 Å². The third-order valence-corrected chi connectivity index (χ3v) is 1.75. The van der Waals surface area contributed by atoms with Crippen molar-refractivity contribution >= 4 is 5.78 Å². The highest BCUT2D eigenvalue weighted by atomic mass is 16.5. The van der Waals surface area contributed by atoms with E-state index in [4.69, 9.17) is 10.00 Å². The highest BCUT2D eigenvalue weighted by Gasteiger charge is 2.38. The van der Waals surface area contributed by atoms with Gasteiger partial charge < -0.3 is 10.1 Å². The summed E-state index contributed by atoms with van der Waals surface area (Å²) in [5.74, 6) is -0.229. The van der Waals surface area contributed by atoms with E-state index in [9.17, 15) is 4.79 Å². The second-order valence-corrected chi connectivity index (χ2v) is 2.52. The van der Waals surface area contributed by atoms with Gasteiger partial charge in [-0.2, -0.15) is 5.26 Å². The van der Waals surface area contributed by atoms with Crippen molar-refractivity contribution in [2.75, 3.05) is 19.7 Å². The summed E-state index contributed by atoms with van der Waals surface area (Å²) in [5.41, 5.74) is -1.22. The van der Waals surface area contributed by atoms with Crippen molar-refractivity contribution in [3.8, 4) is 6.07 Å². The highest BCUT2D eigenvalue weighted by Crippen LogP contribution is 2.12. The van der Waals surface area contributed by atoms with E-state index in [1.54, 1.807) is 0 Å². The number of nitrogens with one attached hydrogen (secondary N) is 1. The van der Waals surface area contributed by atoms with Gasteiger partial charge in [0.15, 0.2) is 5.78 Å². The van der Waals surface area contributed by atoms with E-state index in [0.717, 1.165) is 0 Å². The number of morpholine rings is 1. The minimum Gasteiger partial charge on any atom is -0.351 e. The van der Waals surface area contributed by atoms with Crippen molar-refractivity contribution in [3.05, 3.63) is 0 Å². The zero-order valence-electron chi connectivity index (χ0n) is 6.39. The fourth-order valence-corrected chi connectivity index (χ4v) is 0.990. The van der Waals surface area contributed by atoms with Gasteiger partial charge in [0.2, 0.25) is 5.60 Å². The Balaban J connectivity index is 2.75. The Bertz CT molecular complexity index is 201. The molecule has 4 heteroatoms. The molecule has 1 rings (SSSR count). The Morgan fingerprint density at radius 3 is 2.82 bits per heavy atom. The molecule has 0 aromatic heterocycles. The number of carbonyl (C=O) groups excluding carboxylic acids is 1. The van der Waals surface area contributed by atoms with Gasteiger partial charge in [0.25, 0.3) is 0 Å². The molecule has 1 unspecified atom stereocenters. The fourth-order valence-electron chi connectivity index (χ4n) is 0.990. The molecule has 0 radical (unpaired) electrons. The lowest BCUT2D eigenvalue weighted by Crippen LogP contribution is -2.53. The largest absolute Gasteiger partial charge is 0.351 e. The number of nitriles is 1. The first kappa shape index (κ1) is 8.18. The summed E-state index contributed by atoms with van der Waals surface area (Å²) in [6.45, 7) is 2.80. The summed E-state index contributed by atoms with van der Waals surface area (Å²) in [4.78, 5) is 11.0. The molecule has 11 heavy (non-hydrogen) atoms. The van der Waals surface area contributed by atoms with Crippen molar-refractivity contribution in [3.63, 3.8) is 0 Å². The minimum atomic E-state index is -1.22. The molecule has 0 aliphatic carbocycles. The molecule has 0 amide bonds. The molecule has 60 valence electrons. The zero-order valence-corrected chi connectivity index (χ0v) is 6.39. The van der Waals surface area contributed by atoms with E-state index in [2.05, 4.69) is 5.32 Å². The number of carbonyl (C=O) groups is 1. The summed E-state index contributed by atoms with van der Waals surface area (Å²) in [6, 6.07) is 1.88. The van der Waals surface area contributed by atoms with Gasteiger partial charge in [-0.3, -0.25) is 4.79 Å². The predicted octanol–water partition coefficient (Wildman–Crippen LogP) is -0.542. The number of rotatable bonds is 1. The van der Waals surface area contributed by atoms with Crippen LogP contribution in [0.3, 0.4) is 0 Å². The maximum Gasteiger partial charge on any atom is 0.224 e. The molecule has 1 saturated heterocycles. The third-order valence-electron chi connectivity index (χ3n) is 1.75. The summed E-state index contributed by atoms with van der Waals surface area (Å²) in [5, 5.41) is 11.6. The van der Waals surface area contributed by atoms with E-state index in [1.807, 2.05) is 6.07 Å². The van der Waals surface area contributed by atoms with Gasteiger partial charge in [0.05, 0.1) is 6.61 Å². The predicted molar refractivity (Wildman–Crippen MR) is 37.8 cm³/mol. The Labute approximate surface area is 65.1 Å². The molecule has 4 nitrogen and oxygen atoms in total. The van der Waals surface area contributed by atoms with E-state index < -0.39 is 5.60 Å². The van der Waals surface area contributed by atoms with Crippen LogP contribution in [0.15, 0.2) is 0 Å². The Morgan fingerprint density at radius 1 is 1.82 bits per heavy atom. The SMILES string of the molecule is CC(=O)C1(C#N)CNCCO1. The molecule has 1 atom stereocenters. The van der Waals surface area contributed by atoms with Gasteiger partial charge in [0.1, 0.15) is 6.07 Å². The quantitative estimate of drug-likeness (QED) is 0.551. The topological polar surface area (TPSA) is 62.1 Å². The van der Waals surface area contributed by atoms with Gasteiger partial charge in [0, 0.05) is 13.1 Å². The molecule has 0 bridgehead atoms. The molecule has 0 aromatic rings. The lowest BCUT2D eigenvalue weighted by atomic mass is 10.0. The van der Waals surface area contributed by atoms with E-state index in [0.29, 0.717) is 19.7 Å². The molecular weight excluding hydrogens is 144 g/mol. The van der Waals surface area contributed by atoms with E-state index in [1.165, 1.54) is 6.92 Å². The average molecular weight is 154 g/mol. The molecule has 0 spiro atoms. The van der Waals surface area contributed by atoms with Gasteiger partial charge in [-0.25, -0.2) is 0 Å². The second kappa shape index (κ2) is 2.99. The van der Waals surface area contributed by atoms with Crippen LogP contribution in [-0.4, -0.2) is 31.1 Å². The maximum absolute atomic E-state index is 11.0. The molecule has 1 heterocycles. The van der Waals surface area contributed by atoms with Crippen molar-refractivity contribution in [2.24, 2.45) is 0 Å². The highest BCUT2D eigenvalue weighted by molar-refractivity contribution is 5.88. The average Bonchev–Trinajstić information content (AvgIpc) is 2.05. The zero-order chi connectivity index (χ0) is 8.32. The molecule has 1 aliphatic rings. The normalized spacial score (nSPS) is 30.9. The number of nitrogens with zero attached hydrogens (tertiary/aromatic N) is 1. The minimum absolute atomic E-state index is 0.229. The number of ketones is 1. The number of hydrogen-bond acceptors (Lipinski definition) is 4. The molecule has 0 aromatic carbocycles. The lowest BCUT2D eigenvalue weighted by Gasteiger charge is -2.28. The van der Waals surface area contributed by atoms with E-state index in [-0.39, 0.29) is 5.78 Å². The van der Waals surface area contributed by atoms with Crippen LogP contribution in [0.25, 0.3) is 0 Å². The Morgan fingerprint density at radius 2 is 2.55 bits per heavy atom. The van der Waals surface area contributed by atoms with Crippen LogP contribution in [0.1, 0.15) is 6.92 Å². The van der Waals surface area contributed by atoms with Crippen LogP contribution in [-0.2, 0) is 9.53 Å². The second-order valence-electron chi connectivity index (χ2n) is 2.52. The first-order valence-corrected chi connectivity index (χ1v) is 3.48. The summed E-state index contributed by atoms with van der Waals surface area (Å²) in [6.07, 6.45) is 0. The fraction of sp³-hybridized carbons (Fsp3) is 0.714. The van der Waals surface area contributed by atoms with Gasteiger partial charge in [-0.1, -0.05) is 0 Å². The van der Waals surface area contributed by atoms with Crippen molar-refractivity contribution < 1.29 is 9.53 Å². The molecular formula is C7H10N2O2. The van der Waals surface area contributed by atoms with Gasteiger partial charge in [-0.05, 0) is 6.92 Å². The molecule has 1 aliphatic heterocycles. The van der Waals surface area contributed by atoms with Crippen molar-refractivity contribution in [1.82, 2.24) is 5.32 Å². The molecule has 0 saturated carbocycles. The molecule has 1 N–H and O–H groups in total.